The standard InChI is InChI=1S/C13H20Br2O6P2/c1-5-9-18-22(16,19-10-6-2)13(14,15)23(17,20-11-7-3)21-12-8-4/h5-8H,1-4,9-12H2. The second-order valence-electron chi connectivity index (χ2n) is 3.84. The van der Waals surface area contributed by atoms with Gasteiger partial charge in [-0.25, -0.2) is 0 Å². The molecule has 23 heavy (non-hydrogen) atoms. The van der Waals surface area contributed by atoms with E-state index in [0.29, 0.717) is 0 Å². The Morgan fingerprint density at radius 3 is 1.09 bits per heavy atom. The Hall–Kier alpha value is 0.220. The Bertz CT molecular complexity index is 445. The van der Waals surface area contributed by atoms with Crippen molar-refractivity contribution in [3.8, 4) is 0 Å². The lowest BCUT2D eigenvalue weighted by molar-refractivity contribution is 0.217. The van der Waals surface area contributed by atoms with Gasteiger partial charge in [0.15, 0.2) is 0 Å². The van der Waals surface area contributed by atoms with Crippen molar-refractivity contribution in [2.45, 2.75) is 2.72 Å². The summed E-state index contributed by atoms with van der Waals surface area (Å²) in [5.41, 5.74) is 0. The molecule has 0 atom stereocenters. The van der Waals surface area contributed by atoms with E-state index in [9.17, 15) is 9.13 Å². The van der Waals surface area contributed by atoms with Gasteiger partial charge in [-0.2, -0.15) is 0 Å². The predicted octanol–water partition coefficient (Wildman–Crippen LogP) is 5.58. The average Bonchev–Trinajstić information content (AvgIpc) is 2.53. The van der Waals surface area contributed by atoms with Crippen molar-refractivity contribution in [2.24, 2.45) is 0 Å². The van der Waals surface area contributed by atoms with Gasteiger partial charge >= 0.3 is 15.2 Å². The van der Waals surface area contributed by atoms with E-state index in [-0.39, 0.29) is 26.4 Å². The van der Waals surface area contributed by atoms with Crippen LogP contribution in [0.15, 0.2) is 50.6 Å². The van der Waals surface area contributed by atoms with E-state index in [0.717, 1.165) is 0 Å². The molecule has 6 nitrogen and oxygen atoms in total. The van der Waals surface area contributed by atoms with Crippen LogP contribution in [0.25, 0.3) is 0 Å². The zero-order valence-corrected chi connectivity index (χ0v) is 17.5. The quantitative estimate of drug-likeness (QED) is 0.178. The zero-order valence-electron chi connectivity index (χ0n) is 12.6. The lowest BCUT2D eigenvalue weighted by atomic mass is 10.7. The number of rotatable bonds is 14. The summed E-state index contributed by atoms with van der Waals surface area (Å²) in [6, 6.07) is 0. The molecule has 0 heterocycles. The molecule has 0 rings (SSSR count). The van der Waals surface area contributed by atoms with Crippen LogP contribution in [-0.2, 0) is 27.2 Å². The van der Waals surface area contributed by atoms with E-state index >= 15 is 0 Å². The van der Waals surface area contributed by atoms with Crippen LogP contribution in [0.3, 0.4) is 0 Å². The highest BCUT2D eigenvalue weighted by Gasteiger charge is 2.63. The van der Waals surface area contributed by atoms with E-state index in [1.54, 1.807) is 0 Å². The van der Waals surface area contributed by atoms with Crippen LogP contribution < -0.4 is 0 Å². The van der Waals surface area contributed by atoms with E-state index in [1.165, 1.54) is 24.3 Å². The fourth-order valence-electron chi connectivity index (χ4n) is 1.14. The molecule has 0 fully saturated rings. The highest BCUT2D eigenvalue weighted by molar-refractivity contribution is 9.29. The Labute approximate surface area is 153 Å². The first kappa shape index (κ1) is 23.2. The minimum absolute atomic E-state index is 0.101. The summed E-state index contributed by atoms with van der Waals surface area (Å²) in [5, 5.41) is 0. The van der Waals surface area contributed by atoms with Crippen molar-refractivity contribution < 1.29 is 27.2 Å². The summed E-state index contributed by atoms with van der Waals surface area (Å²) in [6.45, 7) is 13.5. The van der Waals surface area contributed by atoms with Gasteiger partial charge in [0, 0.05) is 0 Å². The molecule has 0 unspecified atom stereocenters. The molecule has 0 aliphatic heterocycles. The average molecular weight is 494 g/mol. The Kier molecular flexibility index (Phi) is 11.1. The maximum atomic E-state index is 13.1. The van der Waals surface area contributed by atoms with Gasteiger partial charge in [-0.05, 0) is 31.9 Å². The molecule has 0 aromatic heterocycles. The molecule has 0 saturated carbocycles. The molecular formula is C13H20Br2O6P2. The van der Waals surface area contributed by atoms with Crippen LogP contribution >= 0.6 is 47.1 Å². The van der Waals surface area contributed by atoms with Crippen LogP contribution in [0.1, 0.15) is 0 Å². The van der Waals surface area contributed by atoms with Crippen LogP contribution in [0.5, 0.6) is 0 Å². The topological polar surface area (TPSA) is 71.1 Å². The third kappa shape index (κ3) is 6.22. The minimum atomic E-state index is -4.05. The largest absolute Gasteiger partial charge is 0.370 e. The predicted molar refractivity (Wildman–Crippen MR) is 100 cm³/mol. The monoisotopic (exact) mass is 492 g/mol. The lowest BCUT2D eigenvalue weighted by Gasteiger charge is -2.34. The summed E-state index contributed by atoms with van der Waals surface area (Å²) in [5.74, 6) is 0. The van der Waals surface area contributed by atoms with E-state index in [2.05, 4.69) is 58.2 Å². The molecule has 0 aliphatic rings. The summed E-state index contributed by atoms with van der Waals surface area (Å²) in [6.07, 6.45) is 5.50. The molecule has 0 aromatic carbocycles. The highest BCUT2D eigenvalue weighted by atomic mass is 79.9. The van der Waals surface area contributed by atoms with Gasteiger partial charge in [0.2, 0.25) is 0 Å². The van der Waals surface area contributed by atoms with Crippen molar-refractivity contribution >= 4 is 47.1 Å². The number of halogens is 2. The SMILES string of the molecule is C=CCOP(=O)(OCC=C)C(Br)(Br)P(=O)(OCC=C)OCC=C. The summed E-state index contributed by atoms with van der Waals surface area (Å²) >= 11 is 6.20. The van der Waals surface area contributed by atoms with Crippen LogP contribution in [0.2, 0.25) is 0 Å². The first-order valence-electron chi connectivity index (χ1n) is 6.34. The van der Waals surface area contributed by atoms with E-state index in [1.807, 2.05) is 0 Å². The second kappa shape index (κ2) is 11.0. The van der Waals surface area contributed by atoms with Crippen molar-refractivity contribution in [1.29, 1.82) is 0 Å². The minimum Gasteiger partial charge on any atom is -0.302 e. The van der Waals surface area contributed by atoms with E-state index in [4.69, 9.17) is 18.1 Å². The normalized spacial score (nSPS) is 12.6. The Morgan fingerprint density at radius 1 is 0.696 bits per heavy atom. The van der Waals surface area contributed by atoms with Gasteiger partial charge < -0.3 is 18.1 Å². The second-order valence-corrected chi connectivity index (χ2v) is 14.5. The van der Waals surface area contributed by atoms with Gasteiger partial charge in [0.25, 0.3) is 2.72 Å². The molecule has 0 amide bonds. The first-order chi connectivity index (χ1) is 10.7. The fraction of sp³-hybridized carbons (Fsp3) is 0.385. The summed E-state index contributed by atoms with van der Waals surface area (Å²) < 4.78 is 45.3. The first-order valence-corrected chi connectivity index (χ1v) is 11.0. The van der Waals surface area contributed by atoms with Crippen LogP contribution in [0.4, 0.5) is 0 Å². The molecule has 0 saturated heterocycles. The van der Waals surface area contributed by atoms with Gasteiger partial charge in [0.05, 0.1) is 26.4 Å². The highest BCUT2D eigenvalue weighted by Crippen LogP contribution is 2.83. The van der Waals surface area contributed by atoms with Crippen molar-refractivity contribution in [3.63, 3.8) is 0 Å². The van der Waals surface area contributed by atoms with Gasteiger partial charge in [-0.15, -0.1) is 26.3 Å². The third-order valence-electron chi connectivity index (χ3n) is 2.11. The molecule has 0 aromatic rings. The molecule has 0 aliphatic carbocycles. The number of alkyl halides is 2. The van der Waals surface area contributed by atoms with Crippen LogP contribution in [0, 0.1) is 0 Å². The maximum Gasteiger partial charge on any atom is 0.370 e. The molecular weight excluding hydrogens is 474 g/mol. The Morgan fingerprint density at radius 2 is 0.913 bits per heavy atom. The molecule has 10 heteroatoms. The molecule has 0 N–H and O–H groups in total. The van der Waals surface area contributed by atoms with Crippen molar-refractivity contribution in [2.75, 3.05) is 26.4 Å². The lowest BCUT2D eigenvalue weighted by Crippen LogP contribution is -2.21. The van der Waals surface area contributed by atoms with Gasteiger partial charge in [0.1, 0.15) is 0 Å². The summed E-state index contributed by atoms with van der Waals surface area (Å²) in [4.78, 5) is 0. The fourth-order valence-corrected chi connectivity index (χ4v) is 7.47. The number of hydrogen-bond donors (Lipinski definition) is 0. The van der Waals surface area contributed by atoms with Crippen molar-refractivity contribution in [3.05, 3.63) is 50.6 Å². The van der Waals surface area contributed by atoms with Crippen molar-refractivity contribution in [1.82, 2.24) is 0 Å². The smallest absolute Gasteiger partial charge is 0.302 e. The maximum absolute atomic E-state index is 13.1. The molecule has 0 bridgehead atoms. The summed E-state index contributed by atoms with van der Waals surface area (Å²) in [7, 11) is -8.10. The zero-order chi connectivity index (χ0) is 18.0. The number of hydrogen-bond acceptors (Lipinski definition) is 6. The van der Waals surface area contributed by atoms with Gasteiger partial charge in [-0.1, -0.05) is 24.3 Å². The molecule has 132 valence electrons. The molecule has 0 radical (unpaired) electrons. The molecule has 0 spiro atoms. The third-order valence-corrected chi connectivity index (χ3v) is 12.1. The van der Waals surface area contributed by atoms with Gasteiger partial charge in [-0.3, -0.25) is 9.13 Å². The van der Waals surface area contributed by atoms with E-state index < -0.39 is 17.9 Å². The Balaban J connectivity index is 5.78. The van der Waals surface area contributed by atoms with Crippen LogP contribution in [-0.4, -0.2) is 29.1 Å².